The van der Waals surface area contributed by atoms with Gasteiger partial charge in [-0.25, -0.2) is 0 Å². The summed E-state index contributed by atoms with van der Waals surface area (Å²) in [4.78, 5) is 0. The molecular weight excluding hydrogens is 300 g/mol. The third-order valence-electron chi connectivity index (χ3n) is 4.65. The van der Waals surface area contributed by atoms with Crippen LogP contribution in [0.5, 0.6) is 17.2 Å². The van der Waals surface area contributed by atoms with Crippen molar-refractivity contribution >= 4 is 0 Å². The molecule has 1 atom stereocenters. The van der Waals surface area contributed by atoms with Crippen molar-refractivity contribution in [1.29, 1.82) is 0 Å². The summed E-state index contributed by atoms with van der Waals surface area (Å²) in [5, 5.41) is 30.0. The third-order valence-corrected chi connectivity index (χ3v) is 4.65. The Morgan fingerprint density at radius 3 is 2.04 bits per heavy atom. The highest BCUT2D eigenvalue weighted by atomic mass is 16.3. The third kappa shape index (κ3) is 2.58. The Kier molecular flexibility index (Phi) is 3.94. The molecule has 24 heavy (non-hydrogen) atoms. The van der Waals surface area contributed by atoms with Crippen LogP contribution in [0.4, 0.5) is 0 Å². The molecule has 122 valence electrons. The molecule has 0 saturated heterocycles. The van der Waals surface area contributed by atoms with Gasteiger partial charge in [-0.2, -0.15) is 0 Å². The molecule has 0 aliphatic rings. The Labute approximate surface area is 141 Å². The minimum atomic E-state index is -0.627. The summed E-state index contributed by atoms with van der Waals surface area (Å²) in [6.45, 7) is 3.88. The van der Waals surface area contributed by atoms with Crippen LogP contribution in [0.1, 0.15) is 29.2 Å². The van der Waals surface area contributed by atoms with E-state index in [4.69, 9.17) is 0 Å². The zero-order valence-corrected chi connectivity index (χ0v) is 13.7. The number of phenolic OH excluding ortho intramolecular Hbond substituents is 3. The van der Waals surface area contributed by atoms with Crippen LogP contribution in [0.25, 0.3) is 0 Å². The van der Waals surface area contributed by atoms with Crippen LogP contribution in [-0.4, -0.2) is 15.3 Å². The van der Waals surface area contributed by atoms with Gasteiger partial charge in [0.1, 0.15) is 17.2 Å². The summed E-state index contributed by atoms with van der Waals surface area (Å²) in [6, 6.07) is 20.0. The second kappa shape index (κ2) is 5.93. The minimum Gasteiger partial charge on any atom is -0.508 e. The predicted octanol–water partition coefficient (Wildman–Crippen LogP) is 4.47. The van der Waals surface area contributed by atoms with Crippen LogP contribution in [0.15, 0.2) is 66.7 Å². The van der Waals surface area contributed by atoms with Crippen molar-refractivity contribution in [3.8, 4) is 17.2 Å². The van der Waals surface area contributed by atoms with Gasteiger partial charge in [0, 0.05) is 17.0 Å². The van der Waals surface area contributed by atoms with Gasteiger partial charge in [-0.15, -0.1) is 0 Å². The van der Waals surface area contributed by atoms with E-state index in [1.165, 1.54) is 6.07 Å². The van der Waals surface area contributed by atoms with Gasteiger partial charge in [0.15, 0.2) is 0 Å². The van der Waals surface area contributed by atoms with E-state index in [2.05, 4.69) is 0 Å². The van der Waals surface area contributed by atoms with Crippen LogP contribution in [-0.2, 0) is 5.41 Å². The van der Waals surface area contributed by atoms with E-state index in [1.54, 1.807) is 18.2 Å². The van der Waals surface area contributed by atoms with E-state index in [9.17, 15) is 15.3 Å². The first-order valence-corrected chi connectivity index (χ1v) is 7.81. The van der Waals surface area contributed by atoms with Crippen molar-refractivity contribution in [2.45, 2.75) is 19.3 Å². The SMILES string of the molecule is Cc1cc(C(C)(c2ccccc2)c2ccc(O)cc2O)ccc1O. The first-order chi connectivity index (χ1) is 11.4. The van der Waals surface area contributed by atoms with Crippen LogP contribution < -0.4 is 0 Å². The maximum absolute atomic E-state index is 10.5. The second-order valence-corrected chi connectivity index (χ2v) is 6.19. The molecule has 0 aliphatic heterocycles. The van der Waals surface area contributed by atoms with Crippen LogP contribution >= 0.6 is 0 Å². The first-order valence-electron chi connectivity index (χ1n) is 7.81. The maximum Gasteiger partial charge on any atom is 0.123 e. The molecule has 3 N–H and O–H groups in total. The highest BCUT2D eigenvalue weighted by Gasteiger charge is 2.33. The van der Waals surface area contributed by atoms with Crippen LogP contribution in [0.3, 0.4) is 0 Å². The lowest BCUT2D eigenvalue weighted by Gasteiger charge is -2.32. The van der Waals surface area contributed by atoms with Gasteiger partial charge < -0.3 is 15.3 Å². The average Bonchev–Trinajstić information content (AvgIpc) is 2.57. The summed E-state index contributed by atoms with van der Waals surface area (Å²) in [5.74, 6) is 0.296. The molecule has 0 aliphatic carbocycles. The molecule has 1 unspecified atom stereocenters. The molecule has 3 nitrogen and oxygen atoms in total. The Hall–Kier alpha value is -2.94. The molecule has 0 radical (unpaired) electrons. The number of benzene rings is 3. The van der Waals surface area contributed by atoms with Crippen molar-refractivity contribution in [1.82, 2.24) is 0 Å². The fourth-order valence-electron chi connectivity index (χ4n) is 3.16. The Morgan fingerprint density at radius 1 is 0.708 bits per heavy atom. The molecule has 3 heteroatoms. The van der Waals surface area contributed by atoms with Crippen molar-refractivity contribution < 1.29 is 15.3 Å². The fraction of sp³-hybridized carbons (Fsp3) is 0.143. The quantitative estimate of drug-likeness (QED) is 0.624. The molecule has 0 aromatic heterocycles. The van der Waals surface area contributed by atoms with Crippen molar-refractivity contribution in [2.75, 3.05) is 0 Å². The highest BCUT2D eigenvalue weighted by molar-refractivity contribution is 5.56. The zero-order chi connectivity index (χ0) is 17.3. The van der Waals surface area contributed by atoms with Crippen LogP contribution in [0, 0.1) is 6.92 Å². The van der Waals surface area contributed by atoms with Gasteiger partial charge in [0.05, 0.1) is 0 Å². The van der Waals surface area contributed by atoms with Gasteiger partial charge in [-0.1, -0.05) is 48.5 Å². The molecule has 0 heterocycles. The van der Waals surface area contributed by atoms with Crippen molar-refractivity contribution in [3.63, 3.8) is 0 Å². The molecule has 3 aromatic rings. The number of hydrogen-bond donors (Lipinski definition) is 3. The van der Waals surface area contributed by atoms with E-state index in [-0.39, 0.29) is 17.2 Å². The maximum atomic E-state index is 10.5. The molecule has 0 fully saturated rings. The van der Waals surface area contributed by atoms with E-state index >= 15 is 0 Å². The monoisotopic (exact) mass is 320 g/mol. The van der Waals surface area contributed by atoms with Gasteiger partial charge in [0.25, 0.3) is 0 Å². The summed E-state index contributed by atoms with van der Waals surface area (Å²) < 4.78 is 0. The molecule has 0 amide bonds. The molecule has 3 aromatic carbocycles. The van der Waals surface area contributed by atoms with E-state index in [1.807, 2.05) is 56.3 Å². The minimum absolute atomic E-state index is 0.0218. The summed E-state index contributed by atoms with van der Waals surface area (Å²) in [6.07, 6.45) is 0. The molecule has 0 spiro atoms. The first kappa shape index (κ1) is 15.9. The summed E-state index contributed by atoms with van der Waals surface area (Å²) in [7, 11) is 0. The van der Waals surface area contributed by atoms with Crippen molar-refractivity contribution in [2.24, 2.45) is 0 Å². The van der Waals surface area contributed by atoms with Gasteiger partial charge >= 0.3 is 0 Å². The summed E-state index contributed by atoms with van der Waals surface area (Å²) in [5.41, 5.74) is 2.79. The second-order valence-electron chi connectivity index (χ2n) is 6.19. The number of aromatic hydroxyl groups is 3. The number of phenols is 3. The topological polar surface area (TPSA) is 60.7 Å². The number of rotatable bonds is 3. The fourth-order valence-corrected chi connectivity index (χ4v) is 3.16. The summed E-state index contributed by atoms with van der Waals surface area (Å²) >= 11 is 0. The molecule has 0 saturated carbocycles. The van der Waals surface area contributed by atoms with E-state index in [0.717, 1.165) is 16.7 Å². The van der Waals surface area contributed by atoms with E-state index < -0.39 is 5.41 Å². The largest absolute Gasteiger partial charge is 0.508 e. The lowest BCUT2D eigenvalue weighted by Crippen LogP contribution is -2.25. The van der Waals surface area contributed by atoms with Gasteiger partial charge in [0.2, 0.25) is 0 Å². The number of aryl methyl sites for hydroxylation is 1. The Bertz CT molecular complexity index is 872. The lowest BCUT2D eigenvalue weighted by molar-refractivity contribution is 0.439. The Morgan fingerprint density at radius 2 is 1.42 bits per heavy atom. The highest BCUT2D eigenvalue weighted by Crippen LogP contribution is 2.44. The predicted molar refractivity (Wildman–Crippen MR) is 94.6 cm³/mol. The molecule has 3 rings (SSSR count). The average molecular weight is 320 g/mol. The normalized spacial score (nSPS) is 13.4. The molecular formula is C21H20O3. The smallest absolute Gasteiger partial charge is 0.123 e. The number of hydrogen-bond acceptors (Lipinski definition) is 3. The zero-order valence-electron chi connectivity index (χ0n) is 13.7. The molecule has 0 bridgehead atoms. The standard InChI is InChI=1S/C21H20O3/c1-14-12-16(8-11-19(14)23)21(2,15-6-4-3-5-7-15)18-10-9-17(22)13-20(18)24/h3-13,22-24H,1-2H3. The van der Waals surface area contributed by atoms with Gasteiger partial charge in [-0.05, 0) is 42.7 Å². The lowest BCUT2D eigenvalue weighted by atomic mass is 9.70. The Balaban J connectivity index is 2.31. The van der Waals surface area contributed by atoms with Crippen LogP contribution in [0.2, 0.25) is 0 Å². The van der Waals surface area contributed by atoms with Gasteiger partial charge in [-0.3, -0.25) is 0 Å². The van der Waals surface area contributed by atoms with Crippen molar-refractivity contribution in [3.05, 3.63) is 89.0 Å². The van der Waals surface area contributed by atoms with E-state index in [0.29, 0.717) is 5.56 Å².